The van der Waals surface area contributed by atoms with E-state index in [1.807, 2.05) is 6.07 Å². The smallest absolute Gasteiger partial charge is 0.337 e. The Hall–Kier alpha value is -4.60. The van der Waals surface area contributed by atoms with Crippen molar-refractivity contribution >= 4 is 46.1 Å². The largest absolute Gasteiger partial charge is 0.465 e. The molecular weight excluding hydrogens is 464 g/mol. The average Bonchev–Trinajstić information content (AvgIpc) is 3.41. The summed E-state index contributed by atoms with van der Waals surface area (Å²) in [4.78, 5) is 68.0. The van der Waals surface area contributed by atoms with E-state index in [1.54, 1.807) is 24.3 Å². The summed E-state index contributed by atoms with van der Waals surface area (Å²) in [5.41, 5.74) is 1.68. The molecular formula is C26H24N4O6. The molecule has 2 N–H and O–H groups in total. The van der Waals surface area contributed by atoms with Gasteiger partial charge in [0, 0.05) is 23.8 Å². The van der Waals surface area contributed by atoms with Gasteiger partial charge in [0.15, 0.2) is 0 Å². The summed E-state index contributed by atoms with van der Waals surface area (Å²) in [7, 11) is 1.26. The van der Waals surface area contributed by atoms with Crippen LogP contribution in [0.15, 0.2) is 60.8 Å². The first kappa shape index (κ1) is 24.5. The molecule has 1 atom stereocenters. The van der Waals surface area contributed by atoms with Crippen molar-refractivity contribution in [2.45, 2.75) is 18.9 Å². The maximum Gasteiger partial charge on any atom is 0.337 e. The van der Waals surface area contributed by atoms with Gasteiger partial charge in [0.05, 0.1) is 30.3 Å². The summed E-state index contributed by atoms with van der Waals surface area (Å²) in [6.07, 6.45) is 2.43. The number of benzene rings is 2. The summed E-state index contributed by atoms with van der Waals surface area (Å²) in [6, 6.07) is 13.7. The minimum absolute atomic E-state index is 0.302. The van der Waals surface area contributed by atoms with Gasteiger partial charge in [-0.15, -0.1) is 0 Å². The number of Topliss-reactive ketones (excluding diaryl/α,β-unsaturated/α-hetero) is 1. The van der Waals surface area contributed by atoms with Crippen molar-refractivity contribution in [2.75, 3.05) is 25.5 Å². The van der Waals surface area contributed by atoms with Crippen molar-refractivity contribution in [1.29, 1.82) is 0 Å². The zero-order valence-corrected chi connectivity index (χ0v) is 19.5. The van der Waals surface area contributed by atoms with Crippen LogP contribution in [0.4, 0.5) is 5.69 Å². The SMILES string of the molecule is COC(=O)c1ccc(NC(=O)C(=O)C2CCCN2C(=O)CNC(=O)c2ccnc3ccccc23)cc1. The van der Waals surface area contributed by atoms with Gasteiger partial charge in [0.2, 0.25) is 11.7 Å². The third-order valence-electron chi connectivity index (χ3n) is 5.96. The Balaban J connectivity index is 1.36. The van der Waals surface area contributed by atoms with Crippen LogP contribution in [0.5, 0.6) is 0 Å². The number of amides is 3. The first-order valence-corrected chi connectivity index (χ1v) is 11.3. The number of hydrogen-bond donors (Lipinski definition) is 2. The van der Waals surface area contributed by atoms with E-state index in [9.17, 15) is 24.0 Å². The fourth-order valence-corrected chi connectivity index (χ4v) is 4.14. The summed E-state index contributed by atoms with van der Waals surface area (Å²) in [6.45, 7) is 0.000275. The third-order valence-corrected chi connectivity index (χ3v) is 5.96. The van der Waals surface area contributed by atoms with Gasteiger partial charge in [-0.05, 0) is 49.2 Å². The number of hydrogen-bond acceptors (Lipinski definition) is 7. The zero-order valence-electron chi connectivity index (χ0n) is 19.5. The normalized spacial score (nSPS) is 14.8. The Kier molecular flexibility index (Phi) is 7.33. The molecule has 0 spiro atoms. The molecule has 2 aromatic carbocycles. The number of ether oxygens (including phenoxy) is 1. The van der Waals surface area contributed by atoms with Gasteiger partial charge in [-0.1, -0.05) is 18.2 Å². The van der Waals surface area contributed by atoms with Crippen molar-refractivity contribution in [2.24, 2.45) is 0 Å². The Morgan fingerprint density at radius 1 is 1.03 bits per heavy atom. The summed E-state index contributed by atoms with van der Waals surface area (Å²) in [5, 5.41) is 5.77. The second kappa shape index (κ2) is 10.8. The molecule has 3 aromatic rings. The molecule has 1 aliphatic rings. The van der Waals surface area contributed by atoms with Gasteiger partial charge in [0.25, 0.3) is 11.8 Å². The van der Waals surface area contributed by atoms with Crippen LogP contribution in [0.3, 0.4) is 0 Å². The van der Waals surface area contributed by atoms with Gasteiger partial charge >= 0.3 is 5.97 Å². The first-order chi connectivity index (χ1) is 17.4. The second-order valence-corrected chi connectivity index (χ2v) is 8.19. The van der Waals surface area contributed by atoms with Crippen LogP contribution in [-0.2, 0) is 19.1 Å². The van der Waals surface area contributed by atoms with Crippen molar-refractivity contribution < 1.29 is 28.7 Å². The van der Waals surface area contributed by atoms with E-state index in [-0.39, 0.29) is 6.54 Å². The van der Waals surface area contributed by atoms with E-state index in [2.05, 4.69) is 20.4 Å². The standard InChI is InChI=1S/C26H24N4O6/c1-36-26(35)16-8-10-17(11-9-16)29-25(34)23(32)21-7-4-14-30(21)22(31)15-28-24(33)19-12-13-27-20-6-3-2-5-18(19)20/h2-3,5-6,8-13,21H,4,7,14-15H2,1H3,(H,28,33)(H,29,34). The van der Waals surface area contributed by atoms with Crippen molar-refractivity contribution in [3.8, 4) is 0 Å². The number of likely N-dealkylation sites (tertiary alicyclic amines) is 1. The number of nitrogens with zero attached hydrogens (tertiary/aromatic N) is 2. The number of rotatable bonds is 7. The number of carbonyl (C=O) groups excluding carboxylic acids is 5. The number of ketones is 1. The number of pyridine rings is 1. The molecule has 4 rings (SSSR count). The molecule has 1 unspecified atom stereocenters. The number of aromatic nitrogens is 1. The molecule has 0 bridgehead atoms. The molecule has 1 fully saturated rings. The van der Waals surface area contributed by atoms with Crippen molar-refractivity contribution in [3.05, 3.63) is 71.9 Å². The van der Waals surface area contributed by atoms with Crippen LogP contribution in [0, 0.1) is 0 Å². The highest BCUT2D eigenvalue weighted by Gasteiger charge is 2.37. The minimum atomic E-state index is -0.912. The van der Waals surface area contributed by atoms with Crippen LogP contribution >= 0.6 is 0 Å². The summed E-state index contributed by atoms with van der Waals surface area (Å²) < 4.78 is 4.63. The number of para-hydroxylation sites is 1. The molecule has 1 saturated heterocycles. The molecule has 10 nitrogen and oxygen atoms in total. The Bertz CT molecular complexity index is 1330. The fraction of sp³-hybridized carbons (Fsp3) is 0.231. The van der Waals surface area contributed by atoms with Crippen molar-refractivity contribution in [3.63, 3.8) is 0 Å². The molecule has 36 heavy (non-hydrogen) atoms. The second-order valence-electron chi connectivity index (χ2n) is 8.19. The molecule has 1 aromatic heterocycles. The fourth-order valence-electron chi connectivity index (χ4n) is 4.14. The molecule has 0 aliphatic carbocycles. The quantitative estimate of drug-likeness (QED) is 0.383. The molecule has 2 heterocycles. The lowest BCUT2D eigenvalue weighted by Gasteiger charge is -2.23. The van der Waals surface area contributed by atoms with E-state index in [4.69, 9.17) is 0 Å². The predicted octanol–water partition coefficient (Wildman–Crippen LogP) is 1.95. The number of nitrogens with one attached hydrogen (secondary N) is 2. The Labute approximate surface area is 206 Å². The lowest BCUT2D eigenvalue weighted by molar-refractivity contribution is -0.141. The van der Waals surface area contributed by atoms with Gasteiger partial charge in [0.1, 0.15) is 6.04 Å². The molecule has 184 valence electrons. The van der Waals surface area contributed by atoms with Gasteiger partial charge in [-0.25, -0.2) is 4.79 Å². The summed E-state index contributed by atoms with van der Waals surface area (Å²) in [5.74, 6) is -3.01. The van der Waals surface area contributed by atoms with Gasteiger partial charge in [-0.3, -0.25) is 24.2 Å². The van der Waals surface area contributed by atoms with Crippen LogP contribution in [0.1, 0.15) is 33.6 Å². The van der Waals surface area contributed by atoms with E-state index >= 15 is 0 Å². The Morgan fingerprint density at radius 3 is 2.53 bits per heavy atom. The molecule has 10 heteroatoms. The number of anilines is 1. The minimum Gasteiger partial charge on any atom is -0.465 e. The zero-order chi connectivity index (χ0) is 25.7. The molecule has 1 aliphatic heterocycles. The van der Waals surface area contributed by atoms with Crippen LogP contribution in [0.2, 0.25) is 0 Å². The van der Waals surface area contributed by atoms with Gasteiger partial charge in [-0.2, -0.15) is 0 Å². The molecule has 0 radical (unpaired) electrons. The lowest BCUT2D eigenvalue weighted by atomic mass is 10.1. The Morgan fingerprint density at radius 2 is 1.78 bits per heavy atom. The highest BCUT2D eigenvalue weighted by Crippen LogP contribution is 2.20. The first-order valence-electron chi connectivity index (χ1n) is 11.3. The highest BCUT2D eigenvalue weighted by atomic mass is 16.5. The van der Waals surface area contributed by atoms with Gasteiger partial charge < -0.3 is 20.3 Å². The number of esters is 1. The topological polar surface area (TPSA) is 135 Å². The van der Waals surface area contributed by atoms with E-state index in [0.717, 1.165) is 0 Å². The van der Waals surface area contributed by atoms with E-state index < -0.39 is 35.5 Å². The highest BCUT2D eigenvalue weighted by molar-refractivity contribution is 6.42. The number of carbonyl (C=O) groups is 5. The maximum absolute atomic E-state index is 12.8. The van der Waals surface area contributed by atoms with Crippen LogP contribution < -0.4 is 10.6 Å². The third kappa shape index (κ3) is 5.22. The molecule has 0 saturated carbocycles. The van der Waals surface area contributed by atoms with Crippen LogP contribution in [-0.4, -0.2) is 65.6 Å². The molecule has 3 amide bonds. The summed E-state index contributed by atoms with van der Waals surface area (Å²) >= 11 is 0. The maximum atomic E-state index is 12.8. The van der Waals surface area contributed by atoms with E-state index in [0.29, 0.717) is 47.1 Å². The lowest BCUT2D eigenvalue weighted by Crippen LogP contribution is -2.48. The van der Waals surface area contributed by atoms with Crippen molar-refractivity contribution in [1.82, 2.24) is 15.2 Å². The monoisotopic (exact) mass is 488 g/mol. The van der Waals surface area contributed by atoms with Crippen LogP contribution in [0.25, 0.3) is 10.9 Å². The average molecular weight is 489 g/mol. The predicted molar refractivity (Wildman–Crippen MR) is 130 cm³/mol. The number of fused-ring (bicyclic) bond motifs is 1. The number of methoxy groups -OCH3 is 1. The van der Waals surface area contributed by atoms with E-state index in [1.165, 1.54) is 42.5 Å².